The molecule has 9 nitrogen and oxygen atoms in total. The number of ether oxygens (including phenoxy) is 1. The van der Waals surface area contributed by atoms with Crippen LogP contribution in [0.15, 0.2) is 62.5 Å². The van der Waals surface area contributed by atoms with Crippen LogP contribution >= 0.6 is 0 Å². The number of aryl methyl sites for hydroxylation is 3. The topological polar surface area (TPSA) is 115 Å². The molecule has 9 heteroatoms. The molecule has 0 saturated heterocycles. The van der Waals surface area contributed by atoms with Crippen LogP contribution < -0.4 is 15.9 Å². The number of nitrogens with zero attached hydrogens (tertiary/aromatic N) is 3. The van der Waals surface area contributed by atoms with Crippen molar-refractivity contribution in [1.82, 2.24) is 19.1 Å². The molecule has 3 aromatic heterocycles. The lowest BCUT2D eigenvalue weighted by Crippen LogP contribution is -2.19. The van der Waals surface area contributed by atoms with Crippen molar-refractivity contribution in [3.63, 3.8) is 0 Å². The summed E-state index contributed by atoms with van der Waals surface area (Å²) in [5, 5.41) is 10.5. The molecule has 0 bridgehead atoms. The van der Waals surface area contributed by atoms with Gasteiger partial charge in [-0.05, 0) is 37.3 Å². The third kappa shape index (κ3) is 3.29. The van der Waals surface area contributed by atoms with Gasteiger partial charge in [0, 0.05) is 31.3 Å². The summed E-state index contributed by atoms with van der Waals surface area (Å²) in [5.41, 5.74) is 3.10. The van der Waals surface area contributed by atoms with Crippen LogP contribution in [0.1, 0.15) is 5.76 Å². The smallest absolute Gasteiger partial charge is 0.328 e. The second kappa shape index (κ2) is 7.80. The van der Waals surface area contributed by atoms with E-state index in [0.717, 1.165) is 16.6 Å². The van der Waals surface area contributed by atoms with E-state index in [1.165, 1.54) is 6.07 Å². The van der Waals surface area contributed by atoms with Crippen LogP contribution in [0.25, 0.3) is 45.1 Å². The Labute approximate surface area is 193 Å². The lowest BCUT2D eigenvalue weighted by atomic mass is 10.1. The number of methoxy groups -OCH3 is 1. The molecule has 2 aromatic carbocycles. The van der Waals surface area contributed by atoms with Crippen molar-refractivity contribution in [1.29, 1.82) is 0 Å². The van der Waals surface area contributed by atoms with E-state index in [1.807, 2.05) is 36.4 Å². The number of fused-ring (bicyclic) bond motifs is 1. The predicted octanol–water partition coefficient (Wildman–Crippen LogP) is 3.58. The maximum absolute atomic E-state index is 12.3. The quantitative estimate of drug-likeness (QED) is 0.425. The van der Waals surface area contributed by atoms with Crippen LogP contribution in [0, 0.1) is 6.92 Å². The molecule has 0 saturated carbocycles. The van der Waals surface area contributed by atoms with Crippen LogP contribution in [-0.4, -0.2) is 31.3 Å². The largest absolute Gasteiger partial charge is 0.501 e. The van der Waals surface area contributed by atoms with Crippen LogP contribution in [0.3, 0.4) is 0 Å². The van der Waals surface area contributed by atoms with E-state index in [-0.39, 0.29) is 11.4 Å². The van der Waals surface area contributed by atoms with Gasteiger partial charge in [-0.15, -0.1) is 0 Å². The number of hydrogen-bond donors (Lipinski definition) is 2. The number of aromatic nitrogens is 4. The molecule has 5 rings (SSSR count). The fourth-order valence-corrected chi connectivity index (χ4v) is 4.08. The van der Waals surface area contributed by atoms with E-state index in [2.05, 4.69) is 4.98 Å². The van der Waals surface area contributed by atoms with Gasteiger partial charge in [-0.3, -0.25) is 13.9 Å². The normalized spacial score (nSPS) is 11.3. The number of imidazole rings is 2. The number of aromatic amines is 1. The third-order valence-corrected chi connectivity index (χ3v) is 5.87. The third-order valence-electron chi connectivity index (χ3n) is 5.87. The Balaban J connectivity index is 1.78. The van der Waals surface area contributed by atoms with Gasteiger partial charge in [0.25, 0.3) is 0 Å². The van der Waals surface area contributed by atoms with E-state index in [0.29, 0.717) is 34.3 Å². The Morgan fingerprint density at radius 1 is 1.00 bits per heavy atom. The summed E-state index contributed by atoms with van der Waals surface area (Å²) in [6.45, 7) is 1.64. The first-order valence-corrected chi connectivity index (χ1v) is 10.5. The standard InChI is InChI=1S/C25H22N4O5/c1-13-10-19(30)22(31)23(34-13)21-20(14-6-5-7-16(11-14)33-4)26-24(27-21)15-8-9-17-18(12-15)29(3)25(32)28(17)2/h5-12,31H,1-4H3,(H,26,27). The average Bonchev–Trinajstić information content (AvgIpc) is 3.37. The van der Waals surface area contributed by atoms with Gasteiger partial charge in [-0.1, -0.05) is 12.1 Å². The minimum Gasteiger partial charge on any atom is -0.501 e. The highest BCUT2D eigenvalue weighted by atomic mass is 16.5. The highest BCUT2D eigenvalue weighted by Crippen LogP contribution is 2.37. The van der Waals surface area contributed by atoms with Crippen LogP contribution in [0.5, 0.6) is 11.5 Å². The van der Waals surface area contributed by atoms with Crippen molar-refractivity contribution in [2.75, 3.05) is 7.11 Å². The van der Waals surface area contributed by atoms with Crippen molar-refractivity contribution in [3.05, 3.63) is 75.0 Å². The molecule has 0 amide bonds. The van der Waals surface area contributed by atoms with E-state index in [1.54, 1.807) is 43.3 Å². The molecule has 0 aliphatic rings. The molecule has 0 unspecified atom stereocenters. The maximum Gasteiger partial charge on any atom is 0.328 e. The highest BCUT2D eigenvalue weighted by molar-refractivity contribution is 5.85. The van der Waals surface area contributed by atoms with Gasteiger partial charge in [0.2, 0.25) is 11.2 Å². The fraction of sp³-hybridized carbons (Fsp3) is 0.160. The van der Waals surface area contributed by atoms with Gasteiger partial charge < -0.3 is 19.2 Å². The maximum atomic E-state index is 12.3. The fourth-order valence-electron chi connectivity index (χ4n) is 4.08. The summed E-state index contributed by atoms with van der Waals surface area (Å²) < 4.78 is 14.2. The number of aromatic hydroxyl groups is 1. The van der Waals surface area contributed by atoms with Crippen molar-refractivity contribution in [3.8, 4) is 45.6 Å². The zero-order valence-electron chi connectivity index (χ0n) is 19.0. The van der Waals surface area contributed by atoms with Crippen molar-refractivity contribution in [2.24, 2.45) is 14.1 Å². The van der Waals surface area contributed by atoms with Gasteiger partial charge >= 0.3 is 5.69 Å². The van der Waals surface area contributed by atoms with Crippen molar-refractivity contribution < 1.29 is 14.3 Å². The van der Waals surface area contributed by atoms with Crippen LogP contribution in [-0.2, 0) is 14.1 Å². The summed E-state index contributed by atoms with van der Waals surface area (Å²) >= 11 is 0. The Hall–Kier alpha value is -4.53. The molecule has 5 aromatic rings. The number of nitrogens with one attached hydrogen (secondary N) is 1. The van der Waals surface area contributed by atoms with Crippen molar-refractivity contribution >= 4 is 11.0 Å². The molecular formula is C25H22N4O5. The Bertz CT molecular complexity index is 1690. The number of rotatable bonds is 4. The number of benzene rings is 2. The summed E-state index contributed by atoms with van der Waals surface area (Å²) in [4.78, 5) is 32.6. The Kier molecular flexibility index (Phi) is 4.89. The summed E-state index contributed by atoms with van der Waals surface area (Å²) in [7, 11) is 5.00. The lowest BCUT2D eigenvalue weighted by Gasteiger charge is -2.06. The minimum absolute atomic E-state index is 0.00485. The monoisotopic (exact) mass is 458 g/mol. The number of H-pyrrole nitrogens is 1. The van der Waals surface area contributed by atoms with Crippen molar-refractivity contribution in [2.45, 2.75) is 6.92 Å². The summed E-state index contributed by atoms with van der Waals surface area (Å²) in [5.74, 6) is 0.949. The van der Waals surface area contributed by atoms with E-state index < -0.39 is 11.2 Å². The first-order chi connectivity index (χ1) is 16.3. The van der Waals surface area contributed by atoms with Crippen LogP contribution in [0.2, 0.25) is 0 Å². The van der Waals surface area contributed by atoms with E-state index in [9.17, 15) is 14.7 Å². The summed E-state index contributed by atoms with van der Waals surface area (Å²) in [6.07, 6.45) is 0. The van der Waals surface area contributed by atoms with Gasteiger partial charge in [0.05, 0.1) is 18.1 Å². The lowest BCUT2D eigenvalue weighted by molar-refractivity contribution is 0.415. The Morgan fingerprint density at radius 3 is 2.53 bits per heavy atom. The van der Waals surface area contributed by atoms with Gasteiger partial charge in [-0.2, -0.15) is 0 Å². The second-order valence-electron chi connectivity index (χ2n) is 8.04. The van der Waals surface area contributed by atoms with E-state index >= 15 is 0 Å². The van der Waals surface area contributed by atoms with Gasteiger partial charge in [-0.25, -0.2) is 9.78 Å². The van der Waals surface area contributed by atoms with Crippen LogP contribution in [0.4, 0.5) is 0 Å². The first-order valence-electron chi connectivity index (χ1n) is 10.5. The summed E-state index contributed by atoms with van der Waals surface area (Å²) in [6, 6.07) is 14.1. The molecule has 0 aliphatic carbocycles. The van der Waals surface area contributed by atoms with Gasteiger partial charge in [0.15, 0.2) is 5.76 Å². The van der Waals surface area contributed by atoms with Gasteiger partial charge in [0.1, 0.15) is 28.7 Å². The average molecular weight is 458 g/mol. The molecule has 0 spiro atoms. The zero-order chi connectivity index (χ0) is 24.1. The van der Waals surface area contributed by atoms with E-state index in [4.69, 9.17) is 14.1 Å². The molecule has 0 radical (unpaired) electrons. The Morgan fingerprint density at radius 2 is 1.76 bits per heavy atom. The number of hydrogen-bond acceptors (Lipinski definition) is 6. The minimum atomic E-state index is -0.549. The zero-order valence-corrected chi connectivity index (χ0v) is 19.0. The first kappa shape index (κ1) is 21.3. The second-order valence-corrected chi connectivity index (χ2v) is 8.04. The molecule has 3 heterocycles. The highest BCUT2D eigenvalue weighted by Gasteiger charge is 2.22. The molecule has 0 fully saturated rings. The SMILES string of the molecule is COc1cccc(-c2nc(-c3ccc4c(c3)n(C)c(=O)n4C)[nH]c2-c2oc(C)cc(=O)c2O)c1. The molecule has 172 valence electrons. The molecule has 0 aliphatic heterocycles. The molecule has 0 atom stereocenters. The molecule has 34 heavy (non-hydrogen) atoms. The predicted molar refractivity (Wildman–Crippen MR) is 128 cm³/mol. The molecular weight excluding hydrogens is 436 g/mol. The molecule has 2 N–H and O–H groups in total.